The smallest absolute Gasteiger partial charge is 0.544 e. The van der Waals surface area contributed by atoms with Gasteiger partial charge in [0.2, 0.25) is 11.7 Å². The number of nitrogens with zero attached hydrogens (tertiary/aromatic N) is 3. The number of carboxylic acid groups (broad SMARTS) is 1. The number of amides is 1. The van der Waals surface area contributed by atoms with Gasteiger partial charge in [-0.15, -0.1) is 5.10 Å². The van der Waals surface area contributed by atoms with Crippen LogP contribution in [0.5, 0.6) is 0 Å². The molecule has 42 heavy (non-hydrogen) atoms. The number of benzene rings is 2. The molecule has 220 valence electrons. The molecule has 0 spiro atoms. The van der Waals surface area contributed by atoms with Gasteiger partial charge in [0.1, 0.15) is 23.9 Å². The van der Waals surface area contributed by atoms with Crippen LogP contribution in [-0.2, 0) is 25.6 Å². The molecule has 1 saturated heterocycles. The maximum Gasteiger partial charge on any atom is 1.00 e. The molecule has 0 saturated carbocycles. The van der Waals surface area contributed by atoms with Crippen LogP contribution in [0, 0.1) is 0 Å². The first-order valence-corrected chi connectivity index (χ1v) is 13.2. The average molecular weight is 592 g/mol. The number of carboxylic acids is 1. The topological polar surface area (TPSA) is 205 Å². The second kappa shape index (κ2) is 15.1. The standard InChI is InChI=1S/C28H35N5O8.Na/c1-17(34)30-24-22(35)14-28(27(38)39,41-26(24)25(37)23(36)15-29)40-13-5-12-33-16-21(31-32-33)20-10-8-19(9-11-20)18-6-3-2-4-7-18;/h2-4,6-11,16,22-26,35-37H,5,12-15,29H2,1H3,(H,30,34)(H,38,39);/q;+1/p-1/t22-,23+,24+,25+,26+,28+;/m0./s1. The molecular formula is C28H34N5NaO8. The number of rotatable bonds is 12. The van der Waals surface area contributed by atoms with Crippen molar-refractivity contribution in [3.05, 3.63) is 60.8 Å². The monoisotopic (exact) mass is 591 g/mol. The summed E-state index contributed by atoms with van der Waals surface area (Å²) in [7, 11) is 0. The van der Waals surface area contributed by atoms with Gasteiger partial charge in [-0.2, -0.15) is 0 Å². The maximum absolute atomic E-state index is 12.1. The number of aryl methyl sites for hydroxylation is 1. The molecule has 1 aromatic heterocycles. The third-order valence-electron chi connectivity index (χ3n) is 6.92. The van der Waals surface area contributed by atoms with Crippen LogP contribution < -0.4 is 45.7 Å². The van der Waals surface area contributed by atoms with E-state index in [9.17, 15) is 30.0 Å². The second-order valence-electron chi connectivity index (χ2n) is 9.93. The van der Waals surface area contributed by atoms with Crippen LogP contribution in [0.2, 0.25) is 0 Å². The molecule has 13 nitrogen and oxygen atoms in total. The average Bonchev–Trinajstić information content (AvgIpc) is 3.45. The quantitative estimate of drug-likeness (QED) is 0.101. The summed E-state index contributed by atoms with van der Waals surface area (Å²) in [6.07, 6.45) is -4.84. The number of nitrogens with one attached hydrogen (secondary N) is 1. The van der Waals surface area contributed by atoms with E-state index in [-0.39, 0.29) is 49.1 Å². The summed E-state index contributed by atoms with van der Waals surface area (Å²) < 4.78 is 12.8. The summed E-state index contributed by atoms with van der Waals surface area (Å²) in [5, 5.41) is 54.2. The fraction of sp³-hybridized carbons (Fsp3) is 0.429. The van der Waals surface area contributed by atoms with E-state index in [0.29, 0.717) is 12.2 Å². The Labute approximate surface area is 264 Å². The minimum atomic E-state index is -2.44. The molecule has 0 radical (unpaired) electrons. The molecule has 1 aliphatic rings. The Morgan fingerprint density at radius 2 is 1.81 bits per heavy atom. The van der Waals surface area contributed by atoms with E-state index in [1.807, 2.05) is 54.6 Å². The van der Waals surface area contributed by atoms with Crippen LogP contribution in [0.15, 0.2) is 60.8 Å². The zero-order valence-electron chi connectivity index (χ0n) is 23.5. The Kier molecular flexibility index (Phi) is 12.2. The molecule has 1 fully saturated rings. The minimum Gasteiger partial charge on any atom is -0.544 e. The Morgan fingerprint density at radius 1 is 1.17 bits per heavy atom. The van der Waals surface area contributed by atoms with Gasteiger partial charge in [0.25, 0.3) is 0 Å². The van der Waals surface area contributed by atoms with Crippen LogP contribution in [0.1, 0.15) is 19.8 Å². The van der Waals surface area contributed by atoms with Gasteiger partial charge < -0.3 is 45.7 Å². The minimum absolute atomic E-state index is 0. The van der Waals surface area contributed by atoms with Crippen molar-refractivity contribution in [2.45, 2.75) is 62.6 Å². The predicted octanol–water partition coefficient (Wildman–Crippen LogP) is -4.20. The first kappa shape index (κ1) is 33.8. The summed E-state index contributed by atoms with van der Waals surface area (Å²) in [6.45, 7) is 0.990. The van der Waals surface area contributed by atoms with Crippen molar-refractivity contribution in [1.29, 1.82) is 0 Å². The number of ether oxygens (including phenoxy) is 2. The third kappa shape index (κ3) is 8.01. The van der Waals surface area contributed by atoms with Crippen LogP contribution >= 0.6 is 0 Å². The number of hydrogen-bond donors (Lipinski definition) is 5. The van der Waals surface area contributed by atoms with Gasteiger partial charge in [0.05, 0.1) is 31.1 Å². The number of aliphatic carboxylic acids is 1. The molecule has 2 aromatic carbocycles. The summed E-state index contributed by atoms with van der Waals surface area (Å²) in [5.74, 6) is -4.78. The van der Waals surface area contributed by atoms with Crippen molar-refractivity contribution in [3.63, 3.8) is 0 Å². The summed E-state index contributed by atoms with van der Waals surface area (Å²) in [5.41, 5.74) is 9.15. The van der Waals surface area contributed by atoms with Gasteiger partial charge >= 0.3 is 29.6 Å². The van der Waals surface area contributed by atoms with Crippen molar-refractivity contribution in [2.75, 3.05) is 13.2 Å². The first-order valence-electron chi connectivity index (χ1n) is 13.2. The molecule has 4 rings (SSSR count). The van der Waals surface area contributed by atoms with Crippen molar-refractivity contribution < 1.29 is 69.0 Å². The number of hydrogen-bond acceptors (Lipinski definition) is 11. The van der Waals surface area contributed by atoms with E-state index in [1.165, 1.54) is 6.92 Å². The first-order chi connectivity index (χ1) is 19.6. The van der Waals surface area contributed by atoms with E-state index < -0.39 is 54.5 Å². The summed E-state index contributed by atoms with van der Waals surface area (Å²) in [4.78, 5) is 23.8. The van der Waals surface area contributed by atoms with Gasteiger partial charge in [-0.3, -0.25) is 9.48 Å². The predicted molar refractivity (Wildman–Crippen MR) is 143 cm³/mol. The molecule has 1 amide bonds. The number of aliphatic hydroxyl groups excluding tert-OH is 3. The van der Waals surface area contributed by atoms with Crippen molar-refractivity contribution in [2.24, 2.45) is 5.73 Å². The number of carbonyl (C=O) groups is 2. The largest absolute Gasteiger partial charge is 1.00 e. The maximum atomic E-state index is 12.1. The van der Waals surface area contributed by atoms with Crippen LogP contribution in [0.25, 0.3) is 22.4 Å². The molecule has 1 aliphatic heterocycles. The van der Waals surface area contributed by atoms with Gasteiger partial charge in [-0.1, -0.05) is 59.8 Å². The van der Waals surface area contributed by atoms with Crippen molar-refractivity contribution in [1.82, 2.24) is 20.3 Å². The fourth-order valence-electron chi connectivity index (χ4n) is 4.77. The number of aromatic nitrogens is 3. The Bertz CT molecular complexity index is 1310. The van der Waals surface area contributed by atoms with Gasteiger partial charge in [-0.25, -0.2) is 0 Å². The van der Waals surface area contributed by atoms with Crippen LogP contribution in [0.4, 0.5) is 0 Å². The SMILES string of the molecule is CC(=O)N[C@H]1[C@H]([C@H](O)[C@H](O)CN)O[C@@](OCCCn2cc(-c3ccc(-c4ccccc4)cc3)nn2)(C(=O)[O-])C[C@@H]1O.[Na+]. The fourth-order valence-corrected chi connectivity index (χ4v) is 4.77. The normalized spacial score (nSPS) is 23.4. The van der Waals surface area contributed by atoms with E-state index >= 15 is 0 Å². The molecule has 6 atom stereocenters. The molecule has 3 aromatic rings. The number of carbonyl (C=O) groups excluding carboxylic acids is 2. The summed E-state index contributed by atoms with van der Waals surface area (Å²) >= 11 is 0. The van der Waals surface area contributed by atoms with Crippen LogP contribution in [0.3, 0.4) is 0 Å². The van der Waals surface area contributed by atoms with Crippen molar-refractivity contribution >= 4 is 11.9 Å². The third-order valence-corrected chi connectivity index (χ3v) is 6.92. The van der Waals surface area contributed by atoms with Gasteiger partial charge in [0.15, 0.2) is 0 Å². The molecular weight excluding hydrogens is 557 g/mol. The van der Waals surface area contributed by atoms with E-state index in [1.54, 1.807) is 10.9 Å². The van der Waals surface area contributed by atoms with E-state index in [4.69, 9.17) is 15.2 Å². The summed E-state index contributed by atoms with van der Waals surface area (Å²) in [6, 6.07) is 16.7. The van der Waals surface area contributed by atoms with Gasteiger partial charge in [0, 0.05) is 32.0 Å². The number of aliphatic hydroxyl groups is 3. The molecule has 0 unspecified atom stereocenters. The van der Waals surface area contributed by atoms with Crippen molar-refractivity contribution in [3.8, 4) is 22.4 Å². The van der Waals surface area contributed by atoms with E-state index in [0.717, 1.165) is 16.7 Å². The zero-order valence-corrected chi connectivity index (χ0v) is 25.5. The zero-order chi connectivity index (χ0) is 29.6. The Balaban J connectivity index is 0.00000484. The van der Waals surface area contributed by atoms with Gasteiger partial charge in [-0.05, 0) is 17.5 Å². The Morgan fingerprint density at radius 3 is 2.43 bits per heavy atom. The molecule has 6 N–H and O–H groups in total. The Hall–Kier alpha value is -2.72. The second-order valence-corrected chi connectivity index (χ2v) is 9.93. The molecule has 0 aliphatic carbocycles. The van der Waals surface area contributed by atoms with Crippen LogP contribution in [-0.4, -0.2) is 91.6 Å². The molecule has 14 heteroatoms. The molecule has 0 bridgehead atoms. The van der Waals surface area contributed by atoms with E-state index in [2.05, 4.69) is 15.6 Å². The number of nitrogens with two attached hydrogens (primary N) is 1. The molecule has 2 heterocycles.